The van der Waals surface area contributed by atoms with Crippen LogP contribution in [0.15, 0.2) is 23.1 Å². The summed E-state index contributed by atoms with van der Waals surface area (Å²) in [6.45, 7) is 0.402. The van der Waals surface area contributed by atoms with E-state index >= 15 is 0 Å². The van der Waals surface area contributed by atoms with Crippen molar-refractivity contribution < 1.29 is 18.0 Å². The molecule has 0 radical (unpaired) electrons. The Morgan fingerprint density at radius 2 is 2.04 bits per heavy atom. The van der Waals surface area contributed by atoms with E-state index in [0.29, 0.717) is 10.7 Å². The number of halogens is 1. The summed E-state index contributed by atoms with van der Waals surface area (Å²) in [5.41, 5.74) is 0.653. The molecule has 1 aromatic rings. The number of carbonyl (C=O) groups is 2. The summed E-state index contributed by atoms with van der Waals surface area (Å²) in [4.78, 5) is 26.8. The summed E-state index contributed by atoms with van der Waals surface area (Å²) in [6, 6.07) is 5.22. The molecule has 2 heterocycles. The zero-order chi connectivity index (χ0) is 16.6. The fraction of sp³-hybridized carbons (Fsp3) is 0.429. The number of sulfone groups is 1. The van der Waals surface area contributed by atoms with E-state index in [4.69, 9.17) is 11.6 Å². The van der Waals surface area contributed by atoms with Crippen LogP contribution in [0.3, 0.4) is 0 Å². The van der Waals surface area contributed by atoms with Crippen LogP contribution in [-0.4, -0.2) is 55.0 Å². The molecule has 2 aliphatic heterocycles. The molecule has 2 amide bonds. The van der Waals surface area contributed by atoms with Crippen molar-refractivity contribution in [2.45, 2.75) is 16.6 Å². The van der Waals surface area contributed by atoms with Gasteiger partial charge in [-0.15, -0.1) is 11.8 Å². The molecular weight excluding hydrogens is 360 g/mol. The van der Waals surface area contributed by atoms with Gasteiger partial charge in [0.1, 0.15) is 0 Å². The molecule has 1 fully saturated rings. The molecule has 0 spiro atoms. The molecule has 124 valence electrons. The zero-order valence-electron chi connectivity index (χ0n) is 12.1. The Morgan fingerprint density at radius 1 is 1.35 bits per heavy atom. The van der Waals surface area contributed by atoms with Crippen LogP contribution in [0, 0.1) is 0 Å². The Kier molecular flexibility index (Phi) is 4.57. The van der Waals surface area contributed by atoms with Crippen molar-refractivity contribution in [3.05, 3.63) is 23.2 Å². The van der Waals surface area contributed by atoms with E-state index < -0.39 is 15.1 Å². The van der Waals surface area contributed by atoms with Gasteiger partial charge in [0, 0.05) is 29.4 Å². The predicted molar refractivity (Wildman–Crippen MR) is 89.6 cm³/mol. The molecule has 1 atom stereocenters. The van der Waals surface area contributed by atoms with Gasteiger partial charge in [0.05, 0.1) is 22.4 Å². The lowest BCUT2D eigenvalue weighted by molar-refractivity contribution is -0.132. The number of fused-ring (bicyclic) bond motifs is 1. The van der Waals surface area contributed by atoms with Crippen molar-refractivity contribution >= 4 is 50.7 Å². The third kappa shape index (κ3) is 3.81. The van der Waals surface area contributed by atoms with Gasteiger partial charge in [-0.05, 0) is 18.2 Å². The van der Waals surface area contributed by atoms with Crippen LogP contribution in [-0.2, 0) is 19.4 Å². The lowest BCUT2D eigenvalue weighted by atomic mass is 10.2. The monoisotopic (exact) mass is 374 g/mol. The summed E-state index contributed by atoms with van der Waals surface area (Å²) in [6.07, 6.45) is 0.0542. The number of rotatable bonds is 2. The molecule has 6 nitrogen and oxygen atoms in total. The lowest BCUT2D eigenvalue weighted by Crippen LogP contribution is -2.45. The smallest absolute Gasteiger partial charge is 0.238 e. The summed E-state index contributed by atoms with van der Waals surface area (Å²) < 4.78 is 22.8. The highest BCUT2D eigenvalue weighted by Gasteiger charge is 2.32. The van der Waals surface area contributed by atoms with Crippen LogP contribution < -0.4 is 5.32 Å². The van der Waals surface area contributed by atoms with E-state index in [1.54, 1.807) is 12.1 Å². The fourth-order valence-corrected chi connectivity index (χ4v) is 4.96. The molecule has 9 heteroatoms. The molecular formula is C14H15ClN2O4S2. The van der Waals surface area contributed by atoms with Gasteiger partial charge in [-0.1, -0.05) is 11.6 Å². The highest BCUT2D eigenvalue weighted by molar-refractivity contribution is 8.01. The standard InChI is InChI=1S/C14H15ClN2O4S2/c15-9-1-2-11-10(7-9)16-14(19)12(22-11)8-13(18)17-3-5-23(20,21)6-4-17/h1-2,7,12H,3-6,8H2,(H,16,19). The topological polar surface area (TPSA) is 83.6 Å². The van der Waals surface area contributed by atoms with Crippen LogP contribution in [0.25, 0.3) is 0 Å². The van der Waals surface area contributed by atoms with E-state index in [1.165, 1.54) is 16.7 Å². The van der Waals surface area contributed by atoms with Crippen LogP contribution in [0.1, 0.15) is 6.42 Å². The molecule has 1 saturated heterocycles. The zero-order valence-corrected chi connectivity index (χ0v) is 14.5. The maximum atomic E-state index is 12.3. The van der Waals surface area contributed by atoms with Crippen molar-refractivity contribution in [2.24, 2.45) is 0 Å². The van der Waals surface area contributed by atoms with E-state index in [0.717, 1.165) is 4.90 Å². The molecule has 2 aliphatic rings. The summed E-state index contributed by atoms with van der Waals surface area (Å²) in [5.74, 6) is -0.443. The molecule has 23 heavy (non-hydrogen) atoms. The van der Waals surface area contributed by atoms with Gasteiger partial charge >= 0.3 is 0 Å². The normalized spacial score (nSPS) is 23.1. The van der Waals surface area contributed by atoms with Crippen molar-refractivity contribution in [3.63, 3.8) is 0 Å². The number of benzene rings is 1. The summed E-state index contributed by atoms with van der Waals surface area (Å²) in [7, 11) is -3.03. The number of hydrogen-bond acceptors (Lipinski definition) is 5. The maximum Gasteiger partial charge on any atom is 0.238 e. The van der Waals surface area contributed by atoms with Crippen molar-refractivity contribution in [3.8, 4) is 0 Å². The van der Waals surface area contributed by atoms with Crippen LogP contribution in [0.5, 0.6) is 0 Å². The molecule has 0 aromatic heterocycles. The van der Waals surface area contributed by atoms with Gasteiger partial charge in [0.15, 0.2) is 9.84 Å². The first kappa shape index (κ1) is 16.6. The molecule has 0 aliphatic carbocycles. The first-order chi connectivity index (χ1) is 10.8. The van der Waals surface area contributed by atoms with Crippen molar-refractivity contribution in [1.82, 2.24) is 4.90 Å². The maximum absolute atomic E-state index is 12.3. The second-order valence-corrected chi connectivity index (χ2v) is 9.46. The van der Waals surface area contributed by atoms with Gasteiger partial charge < -0.3 is 10.2 Å². The first-order valence-electron chi connectivity index (χ1n) is 7.09. The van der Waals surface area contributed by atoms with Gasteiger partial charge in [0.25, 0.3) is 0 Å². The molecule has 1 aromatic carbocycles. The Labute approximate surface area is 143 Å². The molecule has 3 rings (SSSR count). The predicted octanol–water partition coefficient (Wildman–Crippen LogP) is 1.40. The largest absolute Gasteiger partial charge is 0.341 e. The second-order valence-electron chi connectivity index (χ2n) is 5.47. The summed E-state index contributed by atoms with van der Waals surface area (Å²) >= 11 is 7.23. The molecule has 0 bridgehead atoms. The number of amides is 2. The Bertz CT molecular complexity index is 752. The first-order valence-corrected chi connectivity index (χ1v) is 10.2. The van der Waals surface area contributed by atoms with Crippen LogP contribution >= 0.6 is 23.4 Å². The molecule has 1 N–H and O–H groups in total. The van der Waals surface area contributed by atoms with Crippen LogP contribution in [0.2, 0.25) is 5.02 Å². The van der Waals surface area contributed by atoms with Gasteiger partial charge in [-0.25, -0.2) is 8.42 Å². The highest BCUT2D eigenvalue weighted by Crippen LogP contribution is 2.38. The summed E-state index contributed by atoms with van der Waals surface area (Å²) in [5, 5.41) is 2.78. The second kappa shape index (κ2) is 6.33. The van der Waals surface area contributed by atoms with Gasteiger partial charge in [-0.2, -0.15) is 0 Å². The minimum absolute atomic E-state index is 0.00984. The van der Waals surface area contributed by atoms with E-state index in [1.807, 2.05) is 6.07 Å². The minimum atomic E-state index is -3.03. The van der Waals surface area contributed by atoms with E-state index in [-0.39, 0.29) is 42.8 Å². The van der Waals surface area contributed by atoms with Gasteiger partial charge in [0.2, 0.25) is 11.8 Å². The van der Waals surface area contributed by atoms with E-state index in [9.17, 15) is 18.0 Å². The SMILES string of the molecule is O=C1Nc2cc(Cl)ccc2SC1CC(=O)N1CCS(=O)(=O)CC1. The van der Waals surface area contributed by atoms with Crippen molar-refractivity contribution in [1.29, 1.82) is 0 Å². The van der Waals surface area contributed by atoms with Crippen LogP contribution in [0.4, 0.5) is 5.69 Å². The number of nitrogens with one attached hydrogen (secondary N) is 1. The Hall–Kier alpha value is -1.25. The quantitative estimate of drug-likeness (QED) is 0.846. The minimum Gasteiger partial charge on any atom is -0.341 e. The molecule has 1 unspecified atom stereocenters. The number of anilines is 1. The third-order valence-electron chi connectivity index (χ3n) is 3.82. The third-order valence-corrected chi connectivity index (χ3v) is 6.94. The number of thioether (sulfide) groups is 1. The average molecular weight is 375 g/mol. The molecule has 0 saturated carbocycles. The fourth-order valence-electron chi connectivity index (χ4n) is 2.51. The number of hydrogen-bond donors (Lipinski definition) is 1. The lowest BCUT2D eigenvalue weighted by Gasteiger charge is -2.29. The number of nitrogens with zero attached hydrogens (tertiary/aromatic N) is 1. The van der Waals surface area contributed by atoms with Crippen molar-refractivity contribution in [2.75, 3.05) is 29.9 Å². The Balaban J connectivity index is 1.65. The Morgan fingerprint density at radius 3 is 2.74 bits per heavy atom. The van der Waals surface area contributed by atoms with Gasteiger partial charge in [-0.3, -0.25) is 9.59 Å². The average Bonchev–Trinajstić information content (AvgIpc) is 2.48. The highest BCUT2D eigenvalue weighted by atomic mass is 35.5. The van der Waals surface area contributed by atoms with E-state index in [2.05, 4.69) is 5.32 Å². The number of carbonyl (C=O) groups excluding carboxylic acids is 2.